The Morgan fingerprint density at radius 3 is 1.33 bits per heavy atom. The van der Waals surface area contributed by atoms with Crippen LogP contribution in [0.4, 0.5) is 0 Å². The number of rotatable bonds is 1. The second kappa shape index (κ2) is 5.04. The zero-order chi connectivity index (χ0) is 6.57. The highest BCUT2D eigenvalue weighted by molar-refractivity contribution is 6.40. The zero-order valence-electron chi connectivity index (χ0n) is 5.24. The van der Waals surface area contributed by atoms with E-state index in [0.29, 0.717) is 11.4 Å². The first-order valence-electron chi connectivity index (χ1n) is 2.10. The molecule has 3 radical (unpaired) electrons. The number of hydrogen-bond donors (Lipinski definition) is 2. The SMILES string of the molecule is CC(=NO)C(C)=NO.[N]. The van der Waals surface area contributed by atoms with Gasteiger partial charge in [-0.25, -0.2) is 0 Å². The van der Waals surface area contributed by atoms with E-state index >= 15 is 0 Å². The molecule has 0 bridgehead atoms. The summed E-state index contributed by atoms with van der Waals surface area (Å²) in [5, 5.41) is 21.6. The predicted molar refractivity (Wildman–Crippen MR) is 31.9 cm³/mol. The van der Waals surface area contributed by atoms with Crippen molar-refractivity contribution in [1.82, 2.24) is 6.15 Å². The van der Waals surface area contributed by atoms with E-state index in [1.165, 1.54) is 13.8 Å². The van der Waals surface area contributed by atoms with Crippen LogP contribution in [0, 0.1) is 0 Å². The lowest BCUT2D eigenvalue weighted by atomic mass is 10.3. The van der Waals surface area contributed by atoms with Gasteiger partial charge in [0.15, 0.2) is 0 Å². The van der Waals surface area contributed by atoms with Gasteiger partial charge < -0.3 is 10.4 Å². The molecule has 0 aliphatic carbocycles. The third kappa shape index (κ3) is 3.48. The summed E-state index contributed by atoms with van der Waals surface area (Å²) in [5.41, 5.74) is 0.625. The van der Waals surface area contributed by atoms with Gasteiger partial charge in [-0.05, 0) is 13.8 Å². The summed E-state index contributed by atoms with van der Waals surface area (Å²) in [4.78, 5) is 0. The van der Waals surface area contributed by atoms with Gasteiger partial charge in [-0.1, -0.05) is 10.3 Å². The van der Waals surface area contributed by atoms with Crippen LogP contribution < -0.4 is 6.15 Å². The van der Waals surface area contributed by atoms with E-state index in [2.05, 4.69) is 10.3 Å². The second-order valence-electron chi connectivity index (χ2n) is 1.37. The maximum absolute atomic E-state index is 8.03. The van der Waals surface area contributed by atoms with E-state index in [0.717, 1.165) is 0 Å². The molecule has 5 nitrogen and oxygen atoms in total. The van der Waals surface area contributed by atoms with Crippen molar-refractivity contribution in [2.75, 3.05) is 0 Å². The summed E-state index contributed by atoms with van der Waals surface area (Å²) in [6.07, 6.45) is 0. The van der Waals surface area contributed by atoms with Gasteiger partial charge in [-0.2, -0.15) is 0 Å². The predicted octanol–water partition coefficient (Wildman–Crippen LogP) is 0.206. The summed E-state index contributed by atoms with van der Waals surface area (Å²) in [5.74, 6) is 0. The quantitative estimate of drug-likeness (QED) is 0.301. The van der Waals surface area contributed by atoms with Crippen molar-refractivity contribution in [2.45, 2.75) is 13.8 Å². The van der Waals surface area contributed by atoms with E-state index in [1.54, 1.807) is 0 Å². The van der Waals surface area contributed by atoms with Crippen LogP contribution in [-0.2, 0) is 0 Å². The average molecular weight is 130 g/mol. The second-order valence-corrected chi connectivity index (χ2v) is 1.37. The van der Waals surface area contributed by atoms with Crippen molar-refractivity contribution >= 4 is 11.4 Å². The molecule has 0 aromatic rings. The molecular formula is C4H8N3O2. The highest BCUT2D eigenvalue weighted by Gasteiger charge is 1.93. The Bertz CT molecular complexity index is 114. The third-order valence-electron chi connectivity index (χ3n) is 0.824. The first-order valence-corrected chi connectivity index (χ1v) is 2.10. The first-order chi connectivity index (χ1) is 3.72. The van der Waals surface area contributed by atoms with E-state index in [4.69, 9.17) is 10.4 Å². The van der Waals surface area contributed by atoms with Crippen LogP contribution in [0.25, 0.3) is 0 Å². The summed E-state index contributed by atoms with van der Waals surface area (Å²) in [7, 11) is 0. The van der Waals surface area contributed by atoms with Gasteiger partial charge >= 0.3 is 0 Å². The summed E-state index contributed by atoms with van der Waals surface area (Å²) < 4.78 is 0. The van der Waals surface area contributed by atoms with Crippen molar-refractivity contribution in [1.29, 1.82) is 0 Å². The molecular weight excluding hydrogens is 122 g/mol. The molecule has 2 N–H and O–H groups in total. The Morgan fingerprint density at radius 1 is 1.00 bits per heavy atom. The van der Waals surface area contributed by atoms with Crippen LogP contribution in [0.15, 0.2) is 10.3 Å². The number of nitrogens with zero attached hydrogens (tertiary/aromatic N) is 3. The first kappa shape index (κ1) is 10.8. The molecule has 0 saturated carbocycles. The minimum Gasteiger partial charge on any atom is -0.411 e. The molecule has 0 aliphatic rings. The van der Waals surface area contributed by atoms with Gasteiger partial charge in [0, 0.05) is 6.15 Å². The monoisotopic (exact) mass is 130 g/mol. The molecule has 0 atom stereocenters. The topological polar surface area (TPSA) is 95.7 Å². The van der Waals surface area contributed by atoms with Crippen molar-refractivity contribution in [3.8, 4) is 0 Å². The lowest BCUT2D eigenvalue weighted by Gasteiger charge is -1.88. The zero-order valence-corrected chi connectivity index (χ0v) is 5.24. The lowest BCUT2D eigenvalue weighted by Crippen LogP contribution is -2.04. The van der Waals surface area contributed by atoms with Gasteiger partial charge in [-0.15, -0.1) is 0 Å². The van der Waals surface area contributed by atoms with Crippen molar-refractivity contribution in [3.63, 3.8) is 0 Å². The third-order valence-corrected chi connectivity index (χ3v) is 0.824. The maximum Gasteiger partial charge on any atom is 0.101 e. The van der Waals surface area contributed by atoms with E-state index in [-0.39, 0.29) is 6.15 Å². The minimum atomic E-state index is 0. The van der Waals surface area contributed by atoms with E-state index < -0.39 is 0 Å². The molecule has 0 unspecified atom stereocenters. The largest absolute Gasteiger partial charge is 0.411 e. The Kier molecular flexibility index (Phi) is 6.06. The lowest BCUT2D eigenvalue weighted by molar-refractivity contribution is 0.313. The average Bonchev–Trinajstić information content (AvgIpc) is 1.84. The number of hydrogen-bond acceptors (Lipinski definition) is 4. The van der Waals surface area contributed by atoms with Crippen LogP contribution in [0.3, 0.4) is 0 Å². The van der Waals surface area contributed by atoms with Crippen molar-refractivity contribution in [3.05, 3.63) is 0 Å². The Morgan fingerprint density at radius 2 is 1.22 bits per heavy atom. The fourth-order valence-electron chi connectivity index (χ4n) is 0.145. The van der Waals surface area contributed by atoms with Gasteiger partial charge in [0.05, 0.1) is 0 Å². The fraction of sp³-hybridized carbons (Fsp3) is 0.500. The van der Waals surface area contributed by atoms with Crippen LogP contribution in [0.2, 0.25) is 0 Å². The molecule has 0 rings (SSSR count). The van der Waals surface area contributed by atoms with Gasteiger partial charge in [0.1, 0.15) is 11.4 Å². The fourth-order valence-corrected chi connectivity index (χ4v) is 0.145. The molecule has 0 aliphatic heterocycles. The van der Waals surface area contributed by atoms with Crippen LogP contribution >= 0.6 is 0 Å². The molecule has 51 valence electrons. The van der Waals surface area contributed by atoms with E-state index in [1.807, 2.05) is 0 Å². The van der Waals surface area contributed by atoms with Crippen LogP contribution in [0.5, 0.6) is 0 Å². The Hall–Kier alpha value is -1.10. The van der Waals surface area contributed by atoms with E-state index in [9.17, 15) is 0 Å². The summed E-state index contributed by atoms with van der Waals surface area (Å²) >= 11 is 0. The van der Waals surface area contributed by atoms with Gasteiger partial charge in [0.25, 0.3) is 0 Å². The highest BCUT2D eigenvalue weighted by atomic mass is 16.4. The van der Waals surface area contributed by atoms with Gasteiger partial charge in [-0.3, -0.25) is 0 Å². The highest BCUT2D eigenvalue weighted by Crippen LogP contribution is 1.79. The van der Waals surface area contributed by atoms with Crippen molar-refractivity contribution < 1.29 is 10.4 Å². The molecule has 9 heavy (non-hydrogen) atoms. The Labute approximate surface area is 53.3 Å². The van der Waals surface area contributed by atoms with Crippen LogP contribution in [0.1, 0.15) is 13.8 Å². The molecule has 0 aromatic heterocycles. The normalized spacial score (nSPS) is 12.7. The molecule has 0 amide bonds. The number of oxime groups is 2. The van der Waals surface area contributed by atoms with Gasteiger partial charge in [0.2, 0.25) is 0 Å². The summed E-state index contributed by atoms with van der Waals surface area (Å²) in [6, 6.07) is 0. The van der Waals surface area contributed by atoms with Crippen LogP contribution in [-0.4, -0.2) is 21.8 Å². The molecule has 0 fully saturated rings. The minimum absolute atomic E-state index is 0. The summed E-state index contributed by atoms with van der Waals surface area (Å²) in [6.45, 7) is 3.07. The molecule has 0 aromatic carbocycles. The smallest absolute Gasteiger partial charge is 0.101 e. The maximum atomic E-state index is 8.03. The molecule has 0 spiro atoms. The molecule has 5 heteroatoms. The standard InChI is InChI=1S/C4H8N2O2.N/c1-3(5-7)4(2)6-8;/h7-8H,1-2H3;. The molecule has 0 heterocycles. The Balaban J connectivity index is 0. The molecule has 0 saturated heterocycles. The van der Waals surface area contributed by atoms with Crippen molar-refractivity contribution in [2.24, 2.45) is 10.3 Å².